The molecule has 0 aliphatic carbocycles. The predicted octanol–water partition coefficient (Wildman–Crippen LogP) is 2.89. The van der Waals surface area contributed by atoms with Gasteiger partial charge in [-0.2, -0.15) is 0 Å². The van der Waals surface area contributed by atoms with E-state index in [9.17, 15) is 0 Å². The predicted molar refractivity (Wildman–Crippen MR) is 81.5 cm³/mol. The molecule has 0 spiro atoms. The second kappa shape index (κ2) is 8.18. The first kappa shape index (κ1) is 16.0. The van der Waals surface area contributed by atoms with E-state index in [0.717, 1.165) is 31.3 Å². The Kier molecular flexibility index (Phi) is 6.89. The fourth-order valence-corrected chi connectivity index (χ4v) is 2.12. The van der Waals surface area contributed by atoms with Gasteiger partial charge in [-0.25, -0.2) is 0 Å². The van der Waals surface area contributed by atoms with Gasteiger partial charge in [-0.1, -0.05) is 19.9 Å². The smallest absolute Gasteiger partial charge is 0.123 e. The summed E-state index contributed by atoms with van der Waals surface area (Å²) in [5.74, 6) is 1.73. The molecule has 0 saturated carbocycles. The van der Waals surface area contributed by atoms with Gasteiger partial charge in [0.25, 0.3) is 0 Å². The molecule has 1 aromatic carbocycles. The molecule has 0 unspecified atom stereocenters. The number of methoxy groups -OCH3 is 1. The topological polar surface area (TPSA) is 24.5 Å². The molecule has 0 radical (unpaired) electrons. The first-order chi connectivity index (χ1) is 9.06. The van der Waals surface area contributed by atoms with Crippen molar-refractivity contribution in [3.05, 3.63) is 29.3 Å². The fourth-order valence-electron chi connectivity index (χ4n) is 2.12. The van der Waals surface area contributed by atoms with Crippen LogP contribution in [0.5, 0.6) is 5.75 Å². The summed E-state index contributed by atoms with van der Waals surface area (Å²) >= 11 is 0. The molecule has 0 heterocycles. The molecule has 3 heteroatoms. The summed E-state index contributed by atoms with van der Waals surface area (Å²) in [6.45, 7) is 7.49. The molecule has 1 N–H and O–H groups in total. The Morgan fingerprint density at radius 3 is 2.63 bits per heavy atom. The number of nitrogens with one attached hydrogen (secondary N) is 1. The average molecular weight is 264 g/mol. The summed E-state index contributed by atoms with van der Waals surface area (Å²) in [4.78, 5) is 2.36. The lowest BCUT2D eigenvalue weighted by Gasteiger charge is -2.20. The van der Waals surface area contributed by atoms with Gasteiger partial charge in [-0.15, -0.1) is 0 Å². The van der Waals surface area contributed by atoms with Crippen molar-refractivity contribution in [1.82, 2.24) is 10.2 Å². The van der Waals surface area contributed by atoms with Gasteiger partial charge in [0.2, 0.25) is 0 Å². The van der Waals surface area contributed by atoms with Crippen LogP contribution in [0.4, 0.5) is 0 Å². The number of ether oxygens (including phenoxy) is 1. The fraction of sp³-hybridized carbons (Fsp3) is 0.625. The maximum Gasteiger partial charge on any atom is 0.123 e. The van der Waals surface area contributed by atoms with Gasteiger partial charge < -0.3 is 15.0 Å². The second-order valence-electron chi connectivity index (χ2n) is 5.60. The molecule has 1 aromatic rings. The van der Waals surface area contributed by atoms with Crippen LogP contribution >= 0.6 is 0 Å². The molecule has 3 nitrogen and oxygen atoms in total. The Morgan fingerprint density at radius 2 is 2.05 bits per heavy atom. The summed E-state index contributed by atoms with van der Waals surface area (Å²) in [6.07, 6.45) is 1.23. The quantitative estimate of drug-likeness (QED) is 0.781. The van der Waals surface area contributed by atoms with E-state index in [0.29, 0.717) is 0 Å². The first-order valence-electron chi connectivity index (χ1n) is 7.05. The van der Waals surface area contributed by atoms with E-state index < -0.39 is 0 Å². The molecule has 0 aromatic heterocycles. The molecule has 0 amide bonds. The third-order valence-electron chi connectivity index (χ3n) is 3.25. The lowest BCUT2D eigenvalue weighted by atomic mass is 10.1. The monoisotopic (exact) mass is 264 g/mol. The minimum absolute atomic E-state index is 0.750. The van der Waals surface area contributed by atoms with E-state index in [-0.39, 0.29) is 0 Å². The third kappa shape index (κ3) is 5.62. The van der Waals surface area contributed by atoms with Crippen molar-refractivity contribution in [3.63, 3.8) is 0 Å². The first-order valence-corrected chi connectivity index (χ1v) is 7.05. The molecule has 0 atom stereocenters. The van der Waals surface area contributed by atoms with Crippen molar-refractivity contribution in [2.75, 3.05) is 27.7 Å². The summed E-state index contributed by atoms with van der Waals surface area (Å²) in [6, 6.07) is 6.42. The number of hydrogen-bond donors (Lipinski definition) is 1. The number of hydrogen-bond acceptors (Lipinski definition) is 3. The van der Waals surface area contributed by atoms with E-state index in [2.05, 4.69) is 49.3 Å². The summed E-state index contributed by atoms with van der Waals surface area (Å²) in [5, 5.41) is 3.19. The maximum atomic E-state index is 5.46. The van der Waals surface area contributed by atoms with Crippen molar-refractivity contribution < 1.29 is 4.74 Å². The largest absolute Gasteiger partial charge is 0.496 e. The number of nitrogens with zero attached hydrogens (tertiary/aromatic N) is 1. The lowest BCUT2D eigenvalue weighted by Crippen LogP contribution is -2.21. The molecular formula is C16H28N2O. The van der Waals surface area contributed by atoms with E-state index >= 15 is 0 Å². The zero-order valence-electron chi connectivity index (χ0n) is 13.0. The van der Waals surface area contributed by atoms with Crippen molar-refractivity contribution in [3.8, 4) is 5.75 Å². The lowest BCUT2D eigenvalue weighted by molar-refractivity contribution is 0.297. The Morgan fingerprint density at radius 1 is 1.32 bits per heavy atom. The SMILES string of the molecule is CNCc1ccc(OC)c(CN(C)CCC(C)C)c1. The van der Waals surface area contributed by atoms with Gasteiger partial charge in [0.05, 0.1) is 7.11 Å². The summed E-state index contributed by atoms with van der Waals surface area (Å²) in [5.41, 5.74) is 2.57. The van der Waals surface area contributed by atoms with E-state index in [1.54, 1.807) is 7.11 Å². The highest BCUT2D eigenvalue weighted by Crippen LogP contribution is 2.21. The molecule has 108 valence electrons. The van der Waals surface area contributed by atoms with Crippen molar-refractivity contribution in [1.29, 1.82) is 0 Å². The van der Waals surface area contributed by atoms with Crippen LogP contribution in [0.25, 0.3) is 0 Å². The molecule has 19 heavy (non-hydrogen) atoms. The standard InChI is InChI=1S/C16H28N2O/c1-13(2)8-9-18(4)12-15-10-14(11-17-3)6-7-16(15)19-5/h6-7,10,13,17H,8-9,11-12H2,1-5H3. The van der Waals surface area contributed by atoms with Crippen LogP contribution in [0.1, 0.15) is 31.4 Å². The maximum absolute atomic E-state index is 5.46. The Balaban J connectivity index is 2.70. The Hall–Kier alpha value is -1.06. The highest BCUT2D eigenvalue weighted by atomic mass is 16.5. The molecule has 0 saturated heterocycles. The van der Waals surface area contributed by atoms with Gasteiger partial charge in [-0.3, -0.25) is 0 Å². The third-order valence-corrected chi connectivity index (χ3v) is 3.25. The van der Waals surface area contributed by atoms with Crippen LogP contribution in [0.2, 0.25) is 0 Å². The molecule has 0 fully saturated rings. The van der Waals surface area contributed by atoms with Crippen LogP contribution < -0.4 is 10.1 Å². The van der Waals surface area contributed by atoms with Gasteiger partial charge in [-0.05, 0) is 50.7 Å². The van der Waals surface area contributed by atoms with Crippen LogP contribution in [0.3, 0.4) is 0 Å². The molecular weight excluding hydrogens is 236 g/mol. The van der Waals surface area contributed by atoms with Crippen molar-refractivity contribution in [2.24, 2.45) is 5.92 Å². The van der Waals surface area contributed by atoms with Gasteiger partial charge in [0.1, 0.15) is 5.75 Å². The molecule has 0 aliphatic rings. The van der Waals surface area contributed by atoms with E-state index in [1.165, 1.54) is 17.5 Å². The average Bonchev–Trinajstić information content (AvgIpc) is 2.37. The van der Waals surface area contributed by atoms with Gasteiger partial charge in [0, 0.05) is 18.7 Å². The van der Waals surface area contributed by atoms with Crippen LogP contribution in [-0.4, -0.2) is 32.6 Å². The minimum atomic E-state index is 0.750. The van der Waals surface area contributed by atoms with Crippen LogP contribution in [-0.2, 0) is 13.1 Å². The number of rotatable bonds is 8. The van der Waals surface area contributed by atoms with Crippen LogP contribution in [0.15, 0.2) is 18.2 Å². The zero-order valence-corrected chi connectivity index (χ0v) is 13.0. The summed E-state index contributed by atoms with van der Waals surface area (Å²) < 4.78 is 5.46. The zero-order chi connectivity index (χ0) is 14.3. The minimum Gasteiger partial charge on any atom is -0.496 e. The number of benzene rings is 1. The summed E-state index contributed by atoms with van der Waals surface area (Å²) in [7, 11) is 5.88. The van der Waals surface area contributed by atoms with E-state index in [1.807, 2.05) is 7.05 Å². The molecule has 1 rings (SSSR count). The molecule has 0 bridgehead atoms. The second-order valence-corrected chi connectivity index (χ2v) is 5.60. The highest BCUT2D eigenvalue weighted by molar-refractivity contribution is 5.37. The molecule has 0 aliphatic heterocycles. The van der Waals surface area contributed by atoms with Crippen molar-refractivity contribution in [2.45, 2.75) is 33.4 Å². The normalized spacial score (nSPS) is 11.3. The van der Waals surface area contributed by atoms with E-state index in [4.69, 9.17) is 4.74 Å². The van der Waals surface area contributed by atoms with Gasteiger partial charge >= 0.3 is 0 Å². The van der Waals surface area contributed by atoms with Crippen molar-refractivity contribution >= 4 is 0 Å². The van der Waals surface area contributed by atoms with Crippen LogP contribution in [0, 0.1) is 5.92 Å². The Bertz CT molecular complexity index is 377. The highest BCUT2D eigenvalue weighted by Gasteiger charge is 2.08. The Labute approximate surface area is 118 Å². The van der Waals surface area contributed by atoms with Gasteiger partial charge in [0.15, 0.2) is 0 Å².